The summed E-state index contributed by atoms with van der Waals surface area (Å²) in [5.41, 5.74) is 3.42. The van der Waals surface area contributed by atoms with Gasteiger partial charge in [-0.2, -0.15) is 0 Å². The molecular weight excluding hydrogens is 402 g/mol. The van der Waals surface area contributed by atoms with Gasteiger partial charge < -0.3 is 14.1 Å². The maximum absolute atomic E-state index is 13.6. The molecular formula is C23H25NO5S. The fourth-order valence-corrected chi connectivity index (χ4v) is 5.72. The molecule has 1 amide bonds. The number of furan rings is 1. The summed E-state index contributed by atoms with van der Waals surface area (Å²) in [6.07, 6.45) is 0.433. The number of carbonyl (C=O) groups is 1. The van der Waals surface area contributed by atoms with Gasteiger partial charge in [0.05, 0.1) is 18.6 Å². The topological polar surface area (TPSA) is 76.8 Å². The highest BCUT2D eigenvalue weighted by molar-refractivity contribution is 7.91. The number of aryl methyl sites for hydroxylation is 2. The Kier molecular flexibility index (Phi) is 5.32. The summed E-state index contributed by atoms with van der Waals surface area (Å²) in [7, 11) is -1.55. The Morgan fingerprint density at radius 2 is 1.90 bits per heavy atom. The quantitative estimate of drug-likeness (QED) is 0.617. The van der Waals surface area contributed by atoms with Crippen LogP contribution in [-0.2, 0) is 16.4 Å². The Hall–Kier alpha value is -2.80. The van der Waals surface area contributed by atoms with Gasteiger partial charge in [0.25, 0.3) is 5.91 Å². The van der Waals surface area contributed by atoms with Crippen molar-refractivity contribution in [3.63, 3.8) is 0 Å². The van der Waals surface area contributed by atoms with E-state index in [1.54, 1.807) is 12.0 Å². The minimum Gasteiger partial charge on any atom is -0.497 e. The molecule has 0 saturated carbocycles. The third kappa shape index (κ3) is 3.94. The lowest BCUT2D eigenvalue weighted by Crippen LogP contribution is -2.40. The predicted octanol–water partition coefficient (Wildman–Crippen LogP) is 3.89. The van der Waals surface area contributed by atoms with E-state index in [1.807, 2.05) is 56.3 Å². The summed E-state index contributed by atoms with van der Waals surface area (Å²) >= 11 is 0. The molecule has 0 spiro atoms. The number of nitrogens with zero attached hydrogens (tertiary/aromatic N) is 1. The van der Waals surface area contributed by atoms with E-state index in [-0.39, 0.29) is 29.2 Å². The lowest BCUT2D eigenvalue weighted by Gasteiger charge is -2.28. The molecule has 4 rings (SSSR count). The van der Waals surface area contributed by atoms with Crippen LogP contribution in [0.2, 0.25) is 0 Å². The second-order valence-electron chi connectivity index (χ2n) is 7.89. The molecule has 0 unspecified atom stereocenters. The smallest absolute Gasteiger partial charge is 0.290 e. The van der Waals surface area contributed by atoms with Crippen LogP contribution in [0.5, 0.6) is 5.75 Å². The third-order valence-corrected chi connectivity index (χ3v) is 7.46. The van der Waals surface area contributed by atoms with Gasteiger partial charge in [-0.1, -0.05) is 23.8 Å². The zero-order chi connectivity index (χ0) is 21.5. The van der Waals surface area contributed by atoms with Crippen molar-refractivity contribution in [2.75, 3.05) is 18.6 Å². The molecule has 30 heavy (non-hydrogen) atoms. The molecule has 3 aromatic rings. The number of benzene rings is 2. The molecule has 1 aliphatic rings. The van der Waals surface area contributed by atoms with Crippen molar-refractivity contribution in [2.24, 2.45) is 0 Å². The van der Waals surface area contributed by atoms with Gasteiger partial charge >= 0.3 is 0 Å². The summed E-state index contributed by atoms with van der Waals surface area (Å²) in [5.74, 6) is 0.798. The summed E-state index contributed by atoms with van der Waals surface area (Å²) in [4.78, 5) is 15.2. The van der Waals surface area contributed by atoms with Gasteiger partial charge in [-0.3, -0.25) is 4.79 Å². The van der Waals surface area contributed by atoms with Gasteiger partial charge in [-0.05, 0) is 50.1 Å². The van der Waals surface area contributed by atoms with E-state index in [2.05, 4.69) is 0 Å². The molecule has 0 N–H and O–H groups in total. The first-order chi connectivity index (χ1) is 14.3. The first-order valence-corrected chi connectivity index (χ1v) is 11.7. The van der Waals surface area contributed by atoms with E-state index < -0.39 is 9.84 Å². The molecule has 1 fully saturated rings. The minimum absolute atomic E-state index is 0.0206. The Balaban J connectivity index is 1.71. The van der Waals surface area contributed by atoms with Crippen LogP contribution in [0.4, 0.5) is 0 Å². The SMILES string of the molecule is COc1ccc(CN(C(=O)c2oc3ccc(C)cc3c2C)[C@@H]2CCS(=O)(=O)C2)cc1. The second-order valence-corrected chi connectivity index (χ2v) is 10.1. The van der Waals surface area contributed by atoms with Crippen molar-refractivity contribution in [1.29, 1.82) is 0 Å². The van der Waals surface area contributed by atoms with Crippen LogP contribution < -0.4 is 4.74 Å². The maximum Gasteiger partial charge on any atom is 0.290 e. The number of carbonyl (C=O) groups excluding carboxylic acids is 1. The molecule has 1 aliphatic heterocycles. The van der Waals surface area contributed by atoms with Crippen LogP contribution in [0.25, 0.3) is 11.0 Å². The van der Waals surface area contributed by atoms with E-state index in [0.29, 0.717) is 18.5 Å². The van der Waals surface area contributed by atoms with Gasteiger partial charge in [0.15, 0.2) is 15.6 Å². The highest BCUT2D eigenvalue weighted by Crippen LogP contribution is 2.30. The molecule has 1 aromatic heterocycles. The zero-order valence-electron chi connectivity index (χ0n) is 17.3. The van der Waals surface area contributed by atoms with Crippen molar-refractivity contribution < 1.29 is 22.4 Å². The predicted molar refractivity (Wildman–Crippen MR) is 116 cm³/mol. The molecule has 0 aliphatic carbocycles. The standard InChI is InChI=1S/C23H25NO5S/c1-15-4-9-21-20(12-15)16(2)22(29-21)23(25)24(18-10-11-30(26,27)14-18)13-17-5-7-19(28-3)8-6-17/h4-9,12,18H,10-11,13-14H2,1-3H3/t18-/m1/s1. The molecule has 2 heterocycles. The monoisotopic (exact) mass is 427 g/mol. The number of sulfone groups is 1. The average molecular weight is 428 g/mol. The molecule has 2 aromatic carbocycles. The van der Waals surface area contributed by atoms with Crippen LogP contribution >= 0.6 is 0 Å². The molecule has 6 nitrogen and oxygen atoms in total. The number of rotatable bonds is 5. The maximum atomic E-state index is 13.6. The zero-order valence-corrected chi connectivity index (χ0v) is 18.2. The Labute approximate surface area is 176 Å². The number of fused-ring (bicyclic) bond motifs is 1. The van der Waals surface area contributed by atoms with Crippen molar-refractivity contribution in [1.82, 2.24) is 4.90 Å². The van der Waals surface area contributed by atoms with E-state index in [0.717, 1.165) is 27.8 Å². The van der Waals surface area contributed by atoms with E-state index in [1.165, 1.54) is 0 Å². The van der Waals surface area contributed by atoms with Crippen LogP contribution in [0.15, 0.2) is 46.9 Å². The first kappa shape index (κ1) is 20.5. The molecule has 0 bridgehead atoms. The molecule has 1 saturated heterocycles. The first-order valence-electron chi connectivity index (χ1n) is 9.91. The third-order valence-electron chi connectivity index (χ3n) is 5.71. The lowest BCUT2D eigenvalue weighted by molar-refractivity contribution is 0.0649. The second kappa shape index (κ2) is 7.80. The molecule has 158 valence electrons. The normalized spacial score (nSPS) is 17.9. The Bertz CT molecular complexity index is 1190. The number of amides is 1. The van der Waals surface area contributed by atoms with Crippen LogP contribution in [0, 0.1) is 13.8 Å². The van der Waals surface area contributed by atoms with Gasteiger partial charge in [0.1, 0.15) is 11.3 Å². The molecule has 0 radical (unpaired) electrons. The lowest BCUT2D eigenvalue weighted by atomic mass is 10.1. The fraction of sp³-hybridized carbons (Fsp3) is 0.348. The van der Waals surface area contributed by atoms with Gasteiger partial charge in [-0.25, -0.2) is 8.42 Å². The molecule has 7 heteroatoms. The highest BCUT2D eigenvalue weighted by atomic mass is 32.2. The fourth-order valence-electron chi connectivity index (χ4n) is 3.98. The van der Waals surface area contributed by atoms with Crippen molar-refractivity contribution >= 4 is 26.7 Å². The van der Waals surface area contributed by atoms with Crippen LogP contribution in [0.3, 0.4) is 0 Å². The minimum atomic E-state index is -3.14. The number of hydrogen-bond acceptors (Lipinski definition) is 5. The summed E-state index contributed by atoms with van der Waals surface area (Å²) in [6.45, 7) is 4.17. The van der Waals surface area contributed by atoms with E-state index >= 15 is 0 Å². The molecule has 1 atom stereocenters. The van der Waals surface area contributed by atoms with Crippen molar-refractivity contribution in [3.05, 3.63) is 64.9 Å². The summed E-state index contributed by atoms with van der Waals surface area (Å²) in [5, 5.41) is 0.904. The summed E-state index contributed by atoms with van der Waals surface area (Å²) < 4.78 is 35.3. The largest absolute Gasteiger partial charge is 0.497 e. The Morgan fingerprint density at radius 1 is 1.17 bits per heavy atom. The van der Waals surface area contributed by atoms with E-state index in [9.17, 15) is 13.2 Å². The van der Waals surface area contributed by atoms with Gasteiger partial charge in [0, 0.05) is 23.5 Å². The van der Waals surface area contributed by atoms with Crippen molar-refractivity contribution in [2.45, 2.75) is 32.9 Å². The Morgan fingerprint density at radius 3 is 2.53 bits per heavy atom. The van der Waals surface area contributed by atoms with Crippen LogP contribution in [-0.4, -0.2) is 43.9 Å². The highest BCUT2D eigenvalue weighted by Gasteiger charge is 2.36. The number of methoxy groups -OCH3 is 1. The van der Waals surface area contributed by atoms with Gasteiger partial charge in [-0.15, -0.1) is 0 Å². The van der Waals surface area contributed by atoms with E-state index in [4.69, 9.17) is 9.15 Å². The number of hydrogen-bond donors (Lipinski definition) is 0. The number of ether oxygens (including phenoxy) is 1. The average Bonchev–Trinajstić information content (AvgIpc) is 3.25. The van der Waals surface area contributed by atoms with Crippen LogP contribution in [0.1, 0.15) is 33.7 Å². The summed E-state index contributed by atoms with van der Waals surface area (Å²) in [6, 6.07) is 12.9. The van der Waals surface area contributed by atoms with Crippen molar-refractivity contribution in [3.8, 4) is 5.75 Å². The van der Waals surface area contributed by atoms with Gasteiger partial charge in [0.2, 0.25) is 0 Å².